The Morgan fingerprint density at radius 3 is 1.94 bits per heavy atom. The molecule has 5 heteroatoms. The van der Waals surface area contributed by atoms with Crippen LogP contribution in [0.2, 0.25) is 0 Å². The molecule has 0 aliphatic carbocycles. The van der Waals surface area contributed by atoms with Gasteiger partial charge in [-0.3, -0.25) is 0 Å². The molecule has 9 aromatic rings. The van der Waals surface area contributed by atoms with Gasteiger partial charge in [-0.05, 0) is 96.8 Å². The van der Waals surface area contributed by atoms with Crippen molar-refractivity contribution in [3.8, 4) is 16.8 Å². The Hall–Kier alpha value is -4.94. The number of fused-ring (bicyclic) bond motifs is 9. The monoisotopic (exact) mass is 651 g/mol. The van der Waals surface area contributed by atoms with Crippen LogP contribution in [-0.2, 0) is 9.31 Å². The van der Waals surface area contributed by atoms with Crippen molar-refractivity contribution in [3.05, 3.63) is 133 Å². The molecule has 1 saturated heterocycles. The van der Waals surface area contributed by atoms with Crippen molar-refractivity contribution in [1.29, 1.82) is 0 Å². The summed E-state index contributed by atoms with van der Waals surface area (Å²) in [5, 5.41) is 10.1. The van der Waals surface area contributed by atoms with Crippen LogP contribution in [0.25, 0.3) is 80.3 Å². The van der Waals surface area contributed by atoms with E-state index in [-0.39, 0.29) is 0 Å². The minimum Gasteiger partial charge on any atom is -0.399 e. The summed E-state index contributed by atoms with van der Waals surface area (Å²) in [5.74, 6) is 0. The van der Waals surface area contributed by atoms with Gasteiger partial charge in [0.15, 0.2) is 0 Å². The molecule has 0 saturated carbocycles. The van der Waals surface area contributed by atoms with Gasteiger partial charge in [-0.1, -0.05) is 97.1 Å². The molecule has 0 unspecified atom stereocenters. The highest BCUT2D eigenvalue weighted by atomic mass is 32.1. The molecule has 0 radical (unpaired) electrons. The second-order valence-electron chi connectivity index (χ2n) is 14.4. The minimum absolute atomic E-state index is 0.393. The van der Waals surface area contributed by atoms with Crippen molar-refractivity contribution < 1.29 is 9.31 Å². The van der Waals surface area contributed by atoms with E-state index in [1.807, 2.05) is 11.3 Å². The first kappa shape index (κ1) is 29.0. The summed E-state index contributed by atoms with van der Waals surface area (Å²) < 4.78 is 18.0. The Kier molecular flexibility index (Phi) is 6.09. The number of aromatic nitrogens is 1. The number of rotatable bonds is 3. The van der Waals surface area contributed by atoms with E-state index in [1.54, 1.807) is 0 Å². The molecule has 0 N–H and O–H groups in total. The second kappa shape index (κ2) is 10.3. The maximum Gasteiger partial charge on any atom is 0.496 e. The van der Waals surface area contributed by atoms with Crippen LogP contribution >= 0.6 is 11.3 Å². The van der Waals surface area contributed by atoms with Crippen molar-refractivity contribution in [3.63, 3.8) is 0 Å². The van der Waals surface area contributed by atoms with Crippen molar-refractivity contribution >= 4 is 87.4 Å². The van der Waals surface area contributed by atoms with Gasteiger partial charge in [-0.25, -0.2) is 0 Å². The molecule has 1 aliphatic heterocycles. The number of hydrogen-bond acceptors (Lipinski definition) is 3. The molecular weight excluding hydrogens is 617 g/mol. The van der Waals surface area contributed by atoms with Crippen LogP contribution in [0.4, 0.5) is 0 Å². The Labute approximate surface area is 289 Å². The van der Waals surface area contributed by atoms with E-state index in [0.717, 1.165) is 11.2 Å². The minimum atomic E-state index is -0.404. The van der Waals surface area contributed by atoms with Gasteiger partial charge in [0.25, 0.3) is 0 Å². The van der Waals surface area contributed by atoms with Gasteiger partial charge < -0.3 is 13.9 Å². The summed E-state index contributed by atoms with van der Waals surface area (Å²) in [4.78, 5) is 0. The van der Waals surface area contributed by atoms with E-state index in [4.69, 9.17) is 9.31 Å². The average Bonchev–Trinajstić information content (AvgIpc) is 3.72. The summed E-state index contributed by atoms with van der Waals surface area (Å²) in [5.41, 5.74) is 6.36. The number of thiophene rings is 1. The van der Waals surface area contributed by atoms with Gasteiger partial charge >= 0.3 is 7.12 Å². The SMILES string of the molecule is CC1(C)OB(c2cccc3c2sc2cc(-c4ccc(-n5c6ccccc6c6cc7ccccc7cc65)cc4)c4ccccc4c23)OC1(C)C. The Bertz CT molecular complexity index is 2770. The zero-order valence-electron chi connectivity index (χ0n) is 28.0. The summed E-state index contributed by atoms with van der Waals surface area (Å²) >= 11 is 1.84. The Balaban J connectivity index is 1.14. The quantitative estimate of drug-likeness (QED) is 0.178. The lowest BCUT2D eigenvalue weighted by molar-refractivity contribution is 0.00578. The van der Waals surface area contributed by atoms with Crippen LogP contribution in [-0.4, -0.2) is 22.9 Å². The van der Waals surface area contributed by atoms with E-state index in [0.29, 0.717) is 0 Å². The van der Waals surface area contributed by atoms with Crippen molar-refractivity contribution in [1.82, 2.24) is 4.57 Å². The third-order valence-electron chi connectivity index (χ3n) is 11.0. The molecule has 1 fully saturated rings. The third-order valence-corrected chi connectivity index (χ3v) is 12.2. The standard InChI is InChI=1S/C44H34BNO2S/c1-43(2)44(3,4)48-45(47-43)37-18-11-17-34-41-33-16-8-7-14-31(33)35(26-40(41)49-42(34)37)27-20-22-30(23-21-27)46-38-19-10-9-15-32(38)36-24-28-12-5-6-13-29(28)25-39(36)46/h5-26H,1-4H3. The lowest BCUT2D eigenvalue weighted by Gasteiger charge is -2.32. The smallest absolute Gasteiger partial charge is 0.399 e. The molecule has 236 valence electrons. The fourth-order valence-electron chi connectivity index (χ4n) is 7.80. The molecular formula is C44H34BNO2S. The van der Waals surface area contributed by atoms with E-state index < -0.39 is 18.3 Å². The van der Waals surface area contributed by atoms with E-state index in [1.165, 1.54) is 74.6 Å². The first-order valence-corrected chi connectivity index (χ1v) is 17.8. The van der Waals surface area contributed by atoms with Crippen LogP contribution in [0.3, 0.4) is 0 Å². The Morgan fingerprint density at radius 1 is 0.551 bits per heavy atom. The van der Waals surface area contributed by atoms with Crippen molar-refractivity contribution in [2.75, 3.05) is 0 Å². The summed E-state index contributed by atoms with van der Waals surface area (Å²) in [6.07, 6.45) is 0. The number of benzene rings is 7. The number of para-hydroxylation sites is 1. The van der Waals surface area contributed by atoms with E-state index in [9.17, 15) is 0 Å². The number of nitrogens with zero attached hydrogens (tertiary/aromatic N) is 1. The second-order valence-corrected chi connectivity index (χ2v) is 15.4. The lowest BCUT2D eigenvalue weighted by Crippen LogP contribution is -2.41. The van der Waals surface area contributed by atoms with Gasteiger partial charge in [-0.2, -0.15) is 0 Å². The molecule has 10 rings (SSSR count). The molecule has 0 atom stereocenters. The zero-order chi connectivity index (χ0) is 33.1. The van der Waals surface area contributed by atoms with Crippen LogP contribution in [0, 0.1) is 0 Å². The largest absolute Gasteiger partial charge is 0.496 e. The highest BCUT2D eigenvalue weighted by Crippen LogP contribution is 2.44. The normalized spacial score (nSPS) is 15.9. The predicted molar refractivity (Wildman–Crippen MR) is 210 cm³/mol. The van der Waals surface area contributed by atoms with E-state index >= 15 is 0 Å². The highest BCUT2D eigenvalue weighted by Gasteiger charge is 2.52. The molecule has 3 heterocycles. The predicted octanol–water partition coefficient (Wildman–Crippen LogP) is 11.4. The molecule has 7 aromatic carbocycles. The first-order valence-electron chi connectivity index (χ1n) is 17.0. The molecule has 2 aromatic heterocycles. The lowest BCUT2D eigenvalue weighted by atomic mass is 9.78. The summed E-state index contributed by atoms with van der Waals surface area (Å²) in [6.45, 7) is 8.47. The molecule has 0 amide bonds. The van der Waals surface area contributed by atoms with E-state index in [2.05, 4.69) is 166 Å². The molecule has 0 bridgehead atoms. The van der Waals surface area contributed by atoms with Crippen LogP contribution < -0.4 is 5.46 Å². The molecule has 0 spiro atoms. The van der Waals surface area contributed by atoms with Crippen LogP contribution in [0.1, 0.15) is 27.7 Å². The molecule has 1 aliphatic rings. The first-order chi connectivity index (χ1) is 23.8. The van der Waals surface area contributed by atoms with Crippen molar-refractivity contribution in [2.24, 2.45) is 0 Å². The molecule has 49 heavy (non-hydrogen) atoms. The highest BCUT2D eigenvalue weighted by molar-refractivity contribution is 7.27. The van der Waals surface area contributed by atoms with Gasteiger partial charge in [0.2, 0.25) is 0 Å². The average molecular weight is 652 g/mol. The van der Waals surface area contributed by atoms with Crippen LogP contribution in [0.5, 0.6) is 0 Å². The van der Waals surface area contributed by atoms with Gasteiger partial charge in [0, 0.05) is 42.1 Å². The fraction of sp³-hybridized carbons (Fsp3) is 0.136. The summed E-state index contributed by atoms with van der Waals surface area (Å²) in [7, 11) is -0.404. The summed E-state index contributed by atoms with van der Waals surface area (Å²) in [6, 6.07) is 48.9. The fourth-order valence-corrected chi connectivity index (χ4v) is 9.08. The number of hydrogen-bond donors (Lipinski definition) is 0. The Morgan fingerprint density at radius 2 is 1.18 bits per heavy atom. The van der Waals surface area contributed by atoms with Gasteiger partial charge in [-0.15, -0.1) is 11.3 Å². The van der Waals surface area contributed by atoms with Gasteiger partial charge in [0.05, 0.1) is 22.2 Å². The molecule has 3 nitrogen and oxygen atoms in total. The maximum absolute atomic E-state index is 6.53. The van der Waals surface area contributed by atoms with Crippen molar-refractivity contribution in [2.45, 2.75) is 38.9 Å². The topological polar surface area (TPSA) is 23.4 Å². The third kappa shape index (κ3) is 4.23. The van der Waals surface area contributed by atoms with Crippen LogP contribution in [0.15, 0.2) is 133 Å². The van der Waals surface area contributed by atoms with Gasteiger partial charge in [0.1, 0.15) is 0 Å². The maximum atomic E-state index is 6.53. The zero-order valence-corrected chi connectivity index (χ0v) is 28.8.